The van der Waals surface area contributed by atoms with E-state index in [1.54, 1.807) is 19.2 Å². The molecule has 2 N–H and O–H groups in total. The Kier molecular flexibility index (Phi) is 8.58. The highest BCUT2D eigenvalue weighted by molar-refractivity contribution is 6.40. The third-order valence-corrected chi connectivity index (χ3v) is 5.60. The minimum Gasteiger partial charge on any atom is -0.497 e. The molecule has 32 heavy (non-hydrogen) atoms. The van der Waals surface area contributed by atoms with Gasteiger partial charge in [0.15, 0.2) is 0 Å². The number of anilines is 2. The van der Waals surface area contributed by atoms with Crippen LogP contribution in [0, 0.1) is 0 Å². The van der Waals surface area contributed by atoms with Gasteiger partial charge in [-0.1, -0.05) is 11.6 Å². The summed E-state index contributed by atoms with van der Waals surface area (Å²) >= 11 is 5.95. The summed E-state index contributed by atoms with van der Waals surface area (Å²) in [4.78, 5) is 29.0. The van der Waals surface area contributed by atoms with Crippen molar-refractivity contribution in [1.29, 1.82) is 0 Å². The topological polar surface area (TPSA) is 83.1 Å². The Balaban J connectivity index is 1.35. The average molecular weight is 461 g/mol. The van der Waals surface area contributed by atoms with Crippen LogP contribution in [0.15, 0.2) is 42.5 Å². The minimum absolute atomic E-state index is 0.356. The maximum Gasteiger partial charge on any atom is 0.313 e. The highest BCUT2D eigenvalue weighted by Crippen LogP contribution is 2.27. The number of amides is 2. The van der Waals surface area contributed by atoms with Crippen molar-refractivity contribution in [1.82, 2.24) is 10.2 Å². The molecule has 3 rings (SSSR count). The second kappa shape index (κ2) is 11.6. The number of nitrogens with one attached hydrogen (secondary N) is 2. The fraction of sp³-hybridized carbons (Fsp3) is 0.391. The standard InChI is InChI=1S/C23H29ClN4O4/c1-31-19-7-5-18(6-8-19)28-14-12-27(13-15-28)11-3-10-25-22(29)23(30)26-20-16-17(24)4-9-21(20)32-2/h4-9,16H,3,10-15H2,1-2H3,(H,25,29)(H,26,30). The van der Waals surface area contributed by atoms with E-state index < -0.39 is 11.8 Å². The number of carbonyl (C=O) groups excluding carboxylic acids is 2. The third kappa shape index (κ3) is 6.51. The van der Waals surface area contributed by atoms with Crippen LogP contribution in [0.25, 0.3) is 0 Å². The van der Waals surface area contributed by atoms with Crippen molar-refractivity contribution in [2.24, 2.45) is 0 Å². The SMILES string of the molecule is COc1ccc(N2CCN(CCCNC(=O)C(=O)Nc3cc(Cl)ccc3OC)CC2)cc1. The molecule has 1 aliphatic rings. The first-order chi connectivity index (χ1) is 15.5. The molecule has 0 aromatic heterocycles. The van der Waals surface area contributed by atoms with E-state index in [4.69, 9.17) is 21.1 Å². The monoisotopic (exact) mass is 460 g/mol. The number of rotatable bonds is 8. The van der Waals surface area contributed by atoms with Crippen molar-refractivity contribution in [3.63, 3.8) is 0 Å². The maximum atomic E-state index is 12.2. The van der Waals surface area contributed by atoms with Crippen molar-refractivity contribution in [2.45, 2.75) is 6.42 Å². The van der Waals surface area contributed by atoms with Gasteiger partial charge in [-0.25, -0.2) is 0 Å². The molecule has 8 nitrogen and oxygen atoms in total. The molecular formula is C23H29ClN4O4. The van der Waals surface area contributed by atoms with Gasteiger partial charge in [0.2, 0.25) is 0 Å². The van der Waals surface area contributed by atoms with E-state index >= 15 is 0 Å². The number of hydrogen-bond acceptors (Lipinski definition) is 6. The molecule has 0 radical (unpaired) electrons. The summed E-state index contributed by atoms with van der Waals surface area (Å²) < 4.78 is 10.4. The van der Waals surface area contributed by atoms with Crippen molar-refractivity contribution < 1.29 is 19.1 Å². The first-order valence-corrected chi connectivity index (χ1v) is 10.9. The molecule has 0 aliphatic carbocycles. The molecule has 0 bridgehead atoms. The van der Waals surface area contributed by atoms with Crippen molar-refractivity contribution >= 4 is 34.8 Å². The largest absolute Gasteiger partial charge is 0.497 e. The van der Waals surface area contributed by atoms with Crippen LogP contribution in [0.2, 0.25) is 5.02 Å². The molecule has 1 saturated heterocycles. The number of piperazine rings is 1. The van der Waals surface area contributed by atoms with Crippen LogP contribution in [-0.4, -0.2) is 70.2 Å². The number of carbonyl (C=O) groups is 2. The first kappa shape index (κ1) is 23.7. The van der Waals surface area contributed by atoms with E-state index in [0.717, 1.165) is 44.9 Å². The molecule has 1 aliphatic heterocycles. The lowest BCUT2D eigenvalue weighted by atomic mass is 10.2. The van der Waals surface area contributed by atoms with Gasteiger partial charge in [-0.15, -0.1) is 0 Å². The van der Waals surface area contributed by atoms with Gasteiger partial charge >= 0.3 is 11.8 Å². The zero-order valence-electron chi connectivity index (χ0n) is 18.4. The zero-order valence-corrected chi connectivity index (χ0v) is 19.2. The Morgan fingerprint density at radius 1 is 0.969 bits per heavy atom. The van der Waals surface area contributed by atoms with Crippen LogP contribution < -0.4 is 25.0 Å². The highest BCUT2D eigenvalue weighted by Gasteiger charge is 2.18. The molecule has 2 aromatic rings. The van der Waals surface area contributed by atoms with Gasteiger partial charge in [0, 0.05) is 43.4 Å². The predicted octanol–water partition coefficient (Wildman–Crippen LogP) is 2.62. The summed E-state index contributed by atoms with van der Waals surface area (Å²) in [6, 6.07) is 12.9. The lowest BCUT2D eigenvalue weighted by molar-refractivity contribution is -0.136. The van der Waals surface area contributed by atoms with Gasteiger partial charge in [0.05, 0.1) is 19.9 Å². The molecule has 0 atom stereocenters. The van der Waals surface area contributed by atoms with E-state index in [2.05, 4.69) is 32.6 Å². The number of ether oxygens (including phenoxy) is 2. The number of hydrogen-bond donors (Lipinski definition) is 2. The zero-order chi connectivity index (χ0) is 22.9. The van der Waals surface area contributed by atoms with Crippen LogP contribution in [0.5, 0.6) is 11.5 Å². The van der Waals surface area contributed by atoms with Crippen LogP contribution in [0.1, 0.15) is 6.42 Å². The molecule has 0 spiro atoms. The number of nitrogens with zero attached hydrogens (tertiary/aromatic N) is 2. The highest BCUT2D eigenvalue weighted by atomic mass is 35.5. The quantitative estimate of drug-likeness (QED) is 0.465. The molecule has 2 aromatic carbocycles. The Labute approximate surface area is 193 Å². The molecule has 0 saturated carbocycles. The second-order valence-corrected chi connectivity index (χ2v) is 7.87. The Hall–Kier alpha value is -2.97. The second-order valence-electron chi connectivity index (χ2n) is 7.43. The maximum absolute atomic E-state index is 12.2. The van der Waals surface area contributed by atoms with Crippen molar-refractivity contribution in [3.8, 4) is 11.5 Å². The van der Waals surface area contributed by atoms with Crippen LogP contribution in [-0.2, 0) is 9.59 Å². The lowest BCUT2D eigenvalue weighted by Gasteiger charge is -2.36. The van der Waals surface area contributed by atoms with Gasteiger partial charge in [-0.05, 0) is 55.4 Å². The van der Waals surface area contributed by atoms with Crippen molar-refractivity contribution in [2.75, 3.05) is 63.7 Å². The summed E-state index contributed by atoms with van der Waals surface area (Å²) in [5.74, 6) is -0.144. The first-order valence-electron chi connectivity index (χ1n) is 10.5. The molecule has 0 unspecified atom stereocenters. The van der Waals surface area contributed by atoms with E-state index in [0.29, 0.717) is 23.0 Å². The predicted molar refractivity (Wildman–Crippen MR) is 126 cm³/mol. The van der Waals surface area contributed by atoms with Gasteiger partial charge in [-0.2, -0.15) is 0 Å². The van der Waals surface area contributed by atoms with Crippen molar-refractivity contribution in [3.05, 3.63) is 47.5 Å². The summed E-state index contributed by atoms with van der Waals surface area (Å²) in [5.41, 5.74) is 1.55. The van der Waals surface area contributed by atoms with Crippen LogP contribution >= 0.6 is 11.6 Å². The van der Waals surface area contributed by atoms with E-state index in [9.17, 15) is 9.59 Å². The Morgan fingerprint density at radius 3 is 2.34 bits per heavy atom. The average Bonchev–Trinajstić information content (AvgIpc) is 2.82. The van der Waals surface area contributed by atoms with Crippen LogP contribution in [0.3, 0.4) is 0 Å². The molecule has 172 valence electrons. The Morgan fingerprint density at radius 2 is 1.69 bits per heavy atom. The molecule has 9 heteroatoms. The fourth-order valence-electron chi connectivity index (χ4n) is 3.56. The van der Waals surface area contributed by atoms with Gasteiger partial charge in [0.25, 0.3) is 0 Å². The summed E-state index contributed by atoms with van der Waals surface area (Å²) in [6.45, 7) is 5.09. The Bertz CT molecular complexity index is 915. The molecule has 1 heterocycles. The lowest BCUT2D eigenvalue weighted by Crippen LogP contribution is -2.47. The number of methoxy groups -OCH3 is 2. The number of benzene rings is 2. The summed E-state index contributed by atoms with van der Waals surface area (Å²) in [7, 11) is 3.15. The molecule has 2 amide bonds. The van der Waals surface area contributed by atoms with Gasteiger partial charge in [0.1, 0.15) is 11.5 Å². The van der Waals surface area contributed by atoms with E-state index in [1.807, 2.05) is 12.1 Å². The fourth-order valence-corrected chi connectivity index (χ4v) is 3.74. The summed E-state index contributed by atoms with van der Waals surface area (Å²) in [5, 5.41) is 5.64. The summed E-state index contributed by atoms with van der Waals surface area (Å²) in [6.07, 6.45) is 0.766. The van der Waals surface area contributed by atoms with E-state index in [-0.39, 0.29) is 0 Å². The molecule has 1 fully saturated rings. The third-order valence-electron chi connectivity index (χ3n) is 5.36. The molecular weight excluding hydrogens is 432 g/mol. The number of halogens is 1. The van der Waals surface area contributed by atoms with E-state index in [1.165, 1.54) is 18.9 Å². The minimum atomic E-state index is -0.751. The smallest absolute Gasteiger partial charge is 0.313 e. The van der Waals surface area contributed by atoms with Gasteiger partial charge < -0.3 is 25.0 Å². The van der Waals surface area contributed by atoms with Crippen LogP contribution in [0.4, 0.5) is 11.4 Å². The normalized spacial score (nSPS) is 14.0. The van der Waals surface area contributed by atoms with Gasteiger partial charge in [-0.3, -0.25) is 14.5 Å².